The van der Waals surface area contributed by atoms with Crippen LogP contribution in [0.5, 0.6) is 0 Å². The highest BCUT2D eigenvalue weighted by molar-refractivity contribution is 5.86. The number of fused-ring (bicyclic) bond motifs is 1. The van der Waals surface area contributed by atoms with Gasteiger partial charge < -0.3 is 11.1 Å². The van der Waals surface area contributed by atoms with Gasteiger partial charge in [-0.1, -0.05) is 19.3 Å². The van der Waals surface area contributed by atoms with Crippen molar-refractivity contribution < 1.29 is 0 Å². The molecule has 3 N–H and O–H groups in total. The molecule has 1 heterocycles. The Bertz CT molecular complexity index is 586. The summed E-state index contributed by atoms with van der Waals surface area (Å²) in [5.74, 6) is 1.00. The monoisotopic (exact) mass is 255 g/mol. The predicted octanol–water partition coefficient (Wildman–Crippen LogP) is 3.87. The van der Waals surface area contributed by atoms with E-state index in [1.54, 1.807) is 0 Å². The van der Waals surface area contributed by atoms with Crippen LogP contribution in [0.2, 0.25) is 0 Å². The average Bonchev–Trinajstić information content (AvgIpc) is 2.41. The molecule has 1 fully saturated rings. The summed E-state index contributed by atoms with van der Waals surface area (Å²) in [4.78, 5) is 4.70. The van der Waals surface area contributed by atoms with E-state index in [9.17, 15) is 0 Å². The Kier molecular flexibility index (Phi) is 3.28. The molecular weight excluding hydrogens is 234 g/mol. The summed E-state index contributed by atoms with van der Waals surface area (Å²) in [5, 5.41) is 4.73. The average molecular weight is 255 g/mol. The normalized spacial score (nSPS) is 16.7. The first-order valence-electron chi connectivity index (χ1n) is 7.16. The van der Waals surface area contributed by atoms with Gasteiger partial charge >= 0.3 is 0 Å². The lowest BCUT2D eigenvalue weighted by atomic mass is 9.95. The number of nitrogens with zero attached hydrogens (tertiary/aromatic N) is 1. The van der Waals surface area contributed by atoms with Crippen molar-refractivity contribution >= 4 is 22.4 Å². The van der Waals surface area contributed by atoms with Gasteiger partial charge in [0.2, 0.25) is 0 Å². The molecular formula is C16H21N3. The lowest BCUT2D eigenvalue weighted by Gasteiger charge is -2.23. The summed E-state index contributed by atoms with van der Waals surface area (Å²) in [5.41, 5.74) is 8.89. The highest BCUT2D eigenvalue weighted by atomic mass is 15.0. The number of nitrogens with one attached hydrogen (secondary N) is 1. The molecule has 1 aromatic carbocycles. The largest absolute Gasteiger partial charge is 0.399 e. The molecule has 2 aromatic rings. The van der Waals surface area contributed by atoms with Crippen molar-refractivity contribution in [3.05, 3.63) is 29.8 Å². The fourth-order valence-corrected chi connectivity index (χ4v) is 2.94. The van der Waals surface area contributed by atoms with Crippen LogP contribution in [0.25, 0.3) is 10.9 Å². The van der Waals surface area contributed by atoms with Crippen molar-refractivity contribution in [3.8, 4) is 0 Å². The number of hydrogen-bond acceptors (Lipinski definition) is 3. The van der Waals surface area contributed by atoms with E-state index in [0.717, 1.165) is 22.4 Å². The first-order valence-corrected chi connectivity index (χ1v) is 7.16. The maximum atomic E-state index is 5.84. The maximum Gasteiger partial charge on any atom is 0.127 e. The minimum absolute atomic E-state index is 0.590. The number of aryl methyl sites for hydroxylation is 1. The van der Waals surface area contributed by atoms with Crippen LogP contribution >= 0.6 is 0 Å². The van der Waals surface area contributed by atoms with Gasteiger partial charge in [-0.2, -0.15) is 0 Å². The van der Waals surface area contributed by atoms with Gasteiger partial charge in [0.1, 0.15) is 5.82 Å². The third-order valence-electron chi connectivity index (χ3n) is 4.00. The third kappa shape index (κ3) is 2.65. The van der Waals surface area contributed by atoms with Gasteiger partial charge in [-0.3, -0.25) is 0 Å². The van der Waals surface area contributed by atoms with Gasteiger partial charge in [-0.05, 0) is 49.6 Å². The summed E-state index contributed by atoms with van der Waals surface area (Å²) in [6.07, 6.45) is 6.57. The maximum absolute atomic E-state index is 5.84. The van der Waals surface area contributed by atoms with E-state index in [-0.39, 0.29) is 0 Å². The van der Waals surface area contributed by atoms with E-state index >= 15 is 0 Å². The van der Waals surface area contributed by atoms with E-state index in [0.29, 0.717) is 6.04 Å². The van der Waals surface area contributed by atoms with Gasteiger partial charge in [0, 0.05) is 17.1 Å². The lowest BCUT2D eigenvalue weighted by molar-refractivity contribution is 0.462. The predicted molar refractivity (Wildman–Crippen MR) is 81.4 cm³/mol. The van der Waals surface area contributed by atoms with Crippen molar-refractivity contribution in [2.45, 2.75) is 45.1 Å². The van der Waals surface area contributed by atoms with Crippen molar-refractivity contribution in [2.75, 3.05) is 11.1 Å². The molecule has 1 aliphatic carbocycles. The summed E-state index contributed by atoms with van der Waals surface area (Å²) in [7, 11) is 0. The molecule has 3 heteroatoms. The van der Waals surface area contributed by atoms with Crippen LogP contribution in [0.4, 0.5) is 11.5 Å². The van der Waals surface area contributed by atoms with Gasteiger partial charge in [0.25, 0.3) is 0 Å². The summed E-state index contributed by atoms with van der Waals surface area (Å²) in [6.45, 7) is 2.12. The van der Waals surface area contributed by atoms with Crippen LogP contribution in [0.3, 0.4) is 0 Å². The second-order valence-electron chi connectivity index (χ2n) is 5.58. The molecule has 19 heavy (non-hydrogen) atoms. The summed E-state index contributed by atoms with van der Waals surface area (Å²) >= 11 is 0. The Labute approximate surface area is 114 Å². The van der Waals surface area contributed by atoms with Crippen LogP contribution in [0, 0.1) is 6.92 Å². The molecule has 1 saturated carbocycles. The van der Waals surface area contributed by atoms with Crippen molar-refractivity contribution in [1.29, 1.82) is 0 Å². The van der Waals surface area contributed by atoms with E-state index in [2.05, 4.69) is 18.3 Å². The first-order chi connectivity index (χ1) is 9.22. The first kappa shape index (κ1) is 12.3. The number of hydrogen-bond donors (Lipinski definition) is 2. The van der Waals surface area contributed by atoms with E-state index in [1.165, 1.54) is 37.7 Å². The Morgan fingerprint density at radius 3 is 2.74 bits per heavy atom. The van der Waals surface area contributed by atoms with Crippen molar-refractivity contribution in [2.24, 2.45) is 0 Å². The molecule has 0 radical (unpaired) electrons. The topological polar surface area (TPSA) is 50.9 Å². The second-order valence-corrected chi connectivity index (χ2v) is 5.58. The molecule has 0 bridgehead atoms. The Balaban J connectivity index is 1.90. The zero-order valence-electron chi connectivity index (χ0n) is 11.4. The van der Waals surface area contributed by atoms with Gasteiger partial charge in [-0.15, -0.1) is 0 Å². The molecule has 0 aliphatic heterocycles. The fraction of sp³-hybridized carbons (Fsp3) is 0.438. The fourth-order valence-electron chi connectivity index (χ4n) is 2.94. The molecule has 0 saturated heterocycles. The van der Waals surface area contributed by atoms with Gasteiger partial charge in [-0.25, -0.2) is 4.98 Å². The SMILES string of the molecule is Cc1cc(NC2CCCCC2)nc2ccc(N)cc12. The van der Waals surface area contributed by atoms with Crippen molar-refractivity contribution in [3.63, 3.8) is 0 Å². The van der Waals surface area contributed by atoms with Crippen molar-refractivity contribution in [1.82, 2.24) is 4.98 Å². The molecule has 1 aliphatic rings. The smallest absolute Gasteiger partial charge is 0.127 e. The highest BCUT2D eigenvalue weighted by Crippen LogP contribution is 2.25. The molecule has 0 unspecified atom stereocenters. The molecule has 0 amide bonds. The molecule has 1 aromatic heterocycles. The number of nitrogens with two attached hydrogens (primary N) is 1. The minimum Gasteiger partial charge on any atom is -0.399 e. The third-order valence-corrected chi connectivity index (χ3v) is 4.00. The van der Waals surface area contributed by atoms with E-state index in [4.69, 9.17) is 10.7 Å². The minimum atomic E-state index is 0.590. The number of pyridine rings is 1. The standard InChI is InChI=1S/C16H21N3/c1-11-9-16(18-13-5-3-2-4-6-13)19-15-8-7-12(17)10-14(11)15/h7-10,13H,2-6,17H2,1H3,(H,18,19). The zero-order valence-corrected chi connectivity index (χ0v) is 11.4. The summed E-state index contributed by atoms with van der Waals surface area (Å²) < 4.78 is 0. The molecule has 100 valence electrons. The van der Waals surface area contributed by atoms with Crippen LogP contribution in [-0.4, -0.2) is 11.0 Å². The van der Waals surface area contributed by atoms with Crippen LogP contribution in [-0.2, 0) is 0 Å². The second kappa shape index (κ2) is 5.08. The Morgan fingerprint density at radius 1 is 1.16 bits per heavy atom. The van der Waals surface area contributed by atoms with Gasteiger partial charge in [0.15, 0.2) is 0 Å². The van der Waals surface area contributed by atoms with Crippen LogP contribution < -0.4 is 11.1 Å². The number of aromatic nitrogens is 1. The molecule has 0 spiro atoms. The van der Waals surface area contributed by atoms with Gasteiger partial charge in [0.05, 0.1) is 5.52 Å². The van der Waals surface area contributed by atoms with E-state index in [1.807, 2.05) is 18.2 Å². The summed E-state index contributed by atoms with van der Waals surface area (Å²) in [6, 6.07) is 8.65. The Hall–Kier alpha value is -1.77. The molecule has 0 atom stereocenters. The Morgan fingerprint density at radius 2 is 1.95 bits per heavy atom. The number of benzene rings is 1. The molecule has 3 rings (SSSR count). The lowest BCUT2D eigenvalue weighted by Crippen LogP contribution is -2.22. The highest BCUT2D eigenvalue weighted by Gasteiger charge is 2.14. The number of rotatable bonds is 2. The van der Waals surface area contributed by atoms with Crippen LogP contribution in [0.15, 0.2) is 24.3 Å². The van der Waals surface area contributed by atoms with E-state index < -0.39 is 0 Å². The molecule has 3 nitrogen and oxygen atoms in total. The zero-order chi connectivity index (χ0) is 13.2. The van der Waals surface area contributed by atoms with Crippen LogP contribution in [0.1, 0.15) is 37.7 Å². The quantitative estimate of drug-likeness (QED) is 0.801. The number of anilines is 2. The number of nitrogen functional groups attached to an aromatic ring is 1.